The zero-order valence-corrected chi connectivity index (χ0v) is 6.68. The zero-order chi connectivity index (χ0) is 8.84. The first kappa shape index (κ1) is 6.53. The highest BCUT2D eigenvalue weighted by Gasteiger charge is 2.13. The van der Waals surface area contributed by atoms with Crippen molar-refractivity contribution in [3.05, 3.63) is 6.20 Å². The Labute approximate surface area is 73.2 Å². The van der Waals surface area contributed by atoms with E-state index >= 15 is 0 Å². The maximum atomic E-state index is 5.43. The Bertz CT molecular complexity index is 511. The third-order valence-corrected chi connectivity index (χ3v) is 1.98. The van der Waals surface area contributed by atoms with Gasteiger partial charge in [-0.3, -0.25) is 0 Å². The Hall–Kier alpha value is -1.98. The van der Waals surface area contributed by atoms with Crippen LogP contribution in [-0.4, -0.2) is 25.7 Å². The van der Waals surface area contributed by atoms with Gasteiger partial charge in [-0.2, -0.15) is 9.97 Å². The Balaban J connectivity index is 2.43. The first-order valence-corrected chi connectivity index (χ1v) is 3.86. The first-order valence-electron chi connectivity index (χ1n) is 3.86. The van der Waals surface area contributed by atoms with Gasteiger partial charge in [0.25, 0.3) is 0 Å². The molecule has 2 N–H and O–H groups in total. The second kappa shape index (κ2) is 2.03. The molecule has 0 amide bonds. The van der Waals surface area contributed by atoms with Crippen molar-refractivity contribution >= 4 is 29.3 Å². The van der Waals surface area contributed by atoms with Gasteiger partial charge in [-0.05, 0) is 0 Å². The van der Waals surface area contributed by atoms with Crippen LogP contribution in [0.1, 0.15) is 0 Å². The highest BCUT2D eigenvalue weighted by molar-refractivity contribution is 5.79. The second-order valence-corrected chi connectivity index (χ2v) is 2.77. The maximum Gasteiger partial charge on any atom is 0.232 e. The molecule has 0 radical (unpaired) electrons. The van der Waals surface area contributed by atoms with Gasteiger partial charge in [0.05, 0.1) is 12.7 Å². The molecule has 64 valence electrons. The van der Waals surface area contributed by atoms with Crippen LogP contribution in [0.5, 0.6) is 0 Å². The van der Waals surface area contributed by atoms with Gasteiger partial charge in [0, 0.05) is 6.21 Å². The van der Waals surface area contributed by atoms with Crippen molar-refractivity contribution < 1.29 is 0 Å². The molecular weight excluding hydrogens is 168 g/mol. The molecule has 0 spiro atoms. The minimum atomic E-state index is 0.244. The lowest BCUT2D eigenvalue weighted by Gasteiger charge is -1.94. The fourth-order valence-corrected chi connectivity index (χ4v) is 1.40. The summed E-state index contributed by atoms with van der Waals surface area (Å²) >= 11 is 0. The van der Waals surface area contributed by atoms with Crippen LogP contribution in [0.2, 0.25) is 0 Å². The molecule has 2 aromatic heterocycles. The smallest absolute Gasteiger partial charge is 0.232 e. The molecule has 1 aliphatic heterocycles. The number of nitrogens with two attached hydrogens (primary N) is 1. The number of imidazole rings is 1. The first-order chi connectivity index (χ1) is 6.34. The van der Waals surface area contributed by atoms with Gasteiger partial charge in [0.2, 0.25) is 11.9 Å². The maximum absolute atomic E-state index is 5.43. The number of hydrogen-bond donors (Lipinski definition) is 1. The van der Waals surface area contributed by atoms with E-state index in [4.69, 9.17) is 5.73 Å². The molecule has 1 aliphatic rings. The Morgan fingerprint density at radius 2 is 2.31 bits per heavy atom. The average molecular weight is 174 g/mol. The number of rotatable bonds is 0. The quantitative estimate of drug-likeness (QED) is 0.615. The summed E-state index contributed by atoms with van der Waals surface area (Å²) in [6.07, 6.45) is 3.47. The molecule has 6 nitrogen and oxygen atoms in total. The molecular formula is C7H6N6. The van der Waals surface area contributed by atoms with E-state index in [0.29, 0.717) is 11.6 Å². The SMILES string of the molecule is Nc1ncc2c(n1)nc1n2CC=N1. The van der Waals surface area contributed by atoms with Crippen molar-refractivity contribution in [1.29, 1.82) is 0 Å². The third-order valence-electron chi connectivity index (χ3n) is 1.98. The third kappa shape index (κ3) is 0.765. The summed E-state index contributed by atoms with van der Waals surface area (Å²) in [4.78, 5) is 16.2. The number of fused-ring (bicyclic) bond motifs is 3. The molecule has 0 saturated heterocycles. The molecule has 0 bridgehead atoms. The van der Waals surface area contributed by atoms with Crippen LogP contribution < -0.4 is 5.73 Å². The van der Waals surface area contributed by atoms with Gasteiger partial charge in [-0.15, -0.1) is 0 Å². The molecule has 0 atom stereocenters. The van der Waals surface area contributed by atoms with E-state index < -0.39 is 0 Å². The minimum absolute atomic E-state index is 0.244. The number of nitrogen functional groups attached to an aromatic ring is 1. The van der Waals surface area contributed by atoms with Gasteiger partial charge >= 0.3 is 0 Å². The second-order valence-electron chi connectivity index (χ2n) is 2.77. The topological polar surface area (TPSA) is 82.0 Å². The van der Waals surface area contributed by atoms with E-state index in [-0.39, 0.29) is 5.95 Å². The van der Waals surface area contributed by atoms with E-state index in [2.05, 4.69) is 19.9 Å². The highest BCUT2D eigenvalue weighted by atomic mass is 15.2. The molecule has 6 heteroatoms. The molecule has 13 heavy (non-hydrogen) atoms. The van der Waals surface area contributed by atoms with E-state index in [1.54, 1.807) is 12.4 Å². The number of aliphatic imine (C=N–C) groups is 1. The molecule has 3 heterocycles. The van der Waals surface area contributed by atoms with Gasteiger partial charge in [-0.25, -0.2) is 9.98 Å². The van der Waals surface area contributed by atoms with Crippen LogP contribution >= 0.6 is 0 Å². The Morgan fingerprint density at radius 3 is 3.23 bits per heavy atom. The minimum Gasteiger partial charge on any atom is -0.368 e. The summed E-state index contributed by atoms with van der Waals surface area (Å²) in [5, 5.41) is 0. The van der Waals surface area contributed by atoms with E-state index in [9.17, 15) is 0 Å². The molecule has 0 unspecified atom stereocenters. The van der Waals surface area contributed by atoms with Crippen LogP contribution in [0.4, 0.5) is 11.9 Å². The lowest BCUT2D eigenvalue weighted by molar-refractivity contribution is 0.931. The van der Waals surface area contributed by atoms with Crippen LogP contribution in [0.15, 0.2) is 11.2 Å². The van der Waals surface area contributed by atoms with Crippen LogP contribution in [0.3, 0.4) is 0 Å². The number of aromatic nitrogens is 4. The number of nitrogens with zero attached hydrogens (tertiary/aromatic N) is 5. The van der Waals surface area contributed by atoms with Crippen LogP contribution in [0, 0.1) is 0 Å². The molecule has 0 fully saturated rings. The lowest BCUT2D eigenvalue weighted by Crippen LogP contribution is -1.96. The standard InChI is InChI=1S/C7H6N6/c8-6-10-3-4-5(11-6)12-7-9-1-2-13(4)7/h1,3H,2H2,(H2,8,10,11). The largest absolute Gasteiger partial charge is 0.368 e. The molecule has 0 saturated carbocycles. The van der Waals surface area contributed by atoms with Gasteiger partial charge in [0.1, 0.15) is 5.52 Å². The summed E-state index contributed by atoms with van der Waals surface area (Å²) in [7, 11) is 0. The Kier molecular flexibility index (Phi) is 1.02. The van der Waals surface area contributed by atoms with Crippen molar-refractivity contribution in [2.75, 3.05) is 5.73 Å². The summed E-state index contributed by atoms with van der Waals surface area (Å²) in [6, 6.07) is 0. The average Bonchev–Trinajstić information content (AvgIpc) is 2.62. The van der Waals surface area contributed by atoms with Crippen LogP contribution in [0.25, 0.3) is 11.2 Å². The number of anilines is 1. The fraction of sp³-hybridized carbons (Fsp3) is 0.143. The normalized spacial score (nSPS) is 13.8. The fourth-order valence-electron chi connectivity index (χ4n) is 1.40. The van der Waals surface area contributed by atoms with Gasteiger partial charge in [-0.1, -0.05) is 0 Å². The predicted octanol–water partition coefficient (Wildman–Crippen LogP) is 0.124. The van der Waals surface area contributed by atoms with Gasteiger partial charge in [0.15, 0.2) is 5.65 Å². The van der Waals surface area contributed by atoms with Crippen molar-refractivity contribution in [1.82, 2.24) is 19.5 Å². The van der Waals surface area contributed by atoms with Crippen molar-refractivity contribution in [3.63, 3.8) is 0 Å². The summed E-state index contributed by atoms with van der Waals surface area (Å²) in [5.41, 5.74) is 6.92. The molecule has 3 rings (SSSR count). The summed E-state index contributed by atoms with van der Waals surface area (Å²) in [6.45, 7) is 0.735. The van der Waals surface area contributed by atoms with E-state index in [1.165, 1.54) is 0 Å². The lowest BCUT2D eigenvalue weighted by atomic mass is 10.5. The molecule has 0 aromatic carbocycles. The highest BCUT2D eigenvalue weighted by Crippen LogP contribution is 2.22. The summed E-state index contributed by atoms with van der Waals surface area (Å²) in [5.74, 6) is 0.920. The summed E-state index contributed by atoms with van der Waals surface area (Å²) < 4.78 is 1.94. The van der Waals surface area contributed by atoms with E-state index in [0.717, 1.165) is 12.1 Å². The Morgan fingerprint density at radius 1 is 1.38 bits per heavy atom. The van der Waals surface area contributed by atoms with Crippen molar-refractivity contribution in [2.24, 2.45) is 4.99 Å². The van der Waals surface area contributed by atoms with Gasteiger partial charge < -0.3 is 10.3 Å². The van der Waals surface area contributed by atoms with Crippen LogP contribution in [-0.2, 0) is 6.54 Å². The zero-order valence-electron chi connectivity index (χ0n) is 6.68. The number of hydrogen-bond acceptors (Lipinski definition) is 5. The van der Waals surface area contributed by atoms with Crippen molar-refractivity contribution in [2.45, 2.75) is 6.54 Å². The predicted molar refractivity (Wildman–Crippen MR) is 47.9 cm³/mol. The van der Waals surface area contributed by atoms with Crippen molar-refractivity contribution in [3.8, 4) is 0 Å². The van der Waals surface area contributed by atoms with E-state index in [1.807, 2.05) is 4.57 Å². The monoisotopic (exact) mass is 174 g/mol. The molecule has 2 aromatic rings. The molecule has 0 aliphatic carbocycles.